The van der Waals surface area contributed by atoms with E-state index in [0.29, 0.717) is 60.2 Å². The van der Waals surface area contributed by atoms with Crippen LogP contribution in [0.1, 0.15) is 27.1 Å². The summed E-state index contributed by atoms with van der Waals surface area (Å²) >= 11 is 6.09. The highest BCUT2D eigenvalue weighted by atomic mass is 35.5. The molecule has 8 heteroatoms. The molecule has 28 heavy (non-hydrogen) atoms. The average molecular weight is 424 g/mol. The van der Waals surface area contributed by atoms with E-state index in [-0.39, 0.29) is 24.2 Å². The molecular formula is C20H23Cl2N3O3. The Kier molecular flexibility index (Phi) is 7.54. The SMILES string of the molecule is COc1cc(N)c(Cl)cc1C(=O)N1CCCN(C(=O)c2ccccc2)CC1.Cl. The fourth-order valence-electron chi connectivity index (χ4n) is 3.16. The van der Waals surface area contributed by atoms with Gasteiger partial charge in [-0.1, -0.05) is 29.8 Å². The van der Waals surface area contributed by atoms with Gasteiger partial charge in [-0.25, -0.2) is 0 Å². The Morgan fingerprint density at radius 3 is 2.21 bits per heavy atom. The lowest BCUT2D eigenvalue weighted by Crippen LogP contribution is -2.37. The standard InChI is InChI=1S/C20H22ClN3O3.ClH/c1-27-18-13-17(22)16(21)12-15(18)20(26)24-9-5-8-23(10-11-24)19(25)14-6-3-2-4-7-14;/h2-4,6-7,12-13H,5,8-11,22H2,1H3;1H. The van der Waals surface area contributed by atoms with Crippen LogP contribution in [0.5, 0.6) is 5.75 Å². The number of methoxy groups -OCH3 is 1. The molecule has 1 saturated heterocycles. The van der Waals surface area contributed by atoms with Crippen molar-refractivity contribution in [2.75, 3.05) is 39.0 Å². The van der Waals surface area contributed by atoms with Gasteiger partial charge in [0.25, 0.3) is 11.8 Å². The second-order valence-electron chi connectivity index (χ2n) is 6.38. The monoisotopic (exact) mass is 423 g/mol. The molecule has 0 unspecified atom stereocenters. The van der Waals surface area contributed by atoms with Crippen LogP contribution in [-0.2, 0) is 0 Å². The van der Waals surface area contributed by atoms with E-state index in [2.05, 4.69) is 0 Å². The van der Waals surface area contributed by atoms with Gasteiger partial charge in [-0.3, -0.25) is 9.59 Å². The van der Waals surface area contributed by atoms with Gasteiger partial charge in [-0.2, -0.15) is 0 Å². The summed E-state index contributed by atoms with van der Waals surface area (Å²) in [4.78, 5) is 29.2. The van der Waals surface area contributed by atoms with Crippen molar-refractivity contribution in [3.8, 4) is 5.75 Å². The highest BCUT2D eigenvalue weighted by Gasteiger charge is 2.25. The maximum atomic E-state index is 13.0. The van der Waals surface area contributed by atoms with E-state index in [1.165, 1.54) is 13.2 Å². The molecule has 2 aromatic rings. The molecule has 1 fully saturated rings. The fourth-order valence-corrected chi connectivity index (χ4v) is 3.33. The summed E-state index contributed by atoms with van der Waals surface area (Å²) in [5.41, 5.74) is 7.19. The van der Waals surface area contributed by atoms with Crippen LogP contribution < -0.4 is 10.5 Å². The first-order chi connectivity index (χ1) is 13.0. The molecular weight excluding hydrogens is 401 g/mol. The molecule has 0 aromatic heterocycles. The number of nitrogen functional groups attached to an aromatic ring is 1. The largest absolute Gasteiger partial charge is 0.496 e. The van der Waals surface area contributed by atoms with Gasteiger partial charge in [0.15, 0.2) is 0 Å². The number of nitrogens with two attached hydrogens (primary N) is 1. The van der Waals surface area contributed by atoms with Crippen LogP contribution in [0, 0.1) is 0 Å². The molecule has 2 aromatic carbocycles. The van der Waals surface area contributed by atoms with Gasteiger partial charge in [-0.15, -0.1) is 12.4 Å². The fraction of sp³-hybridized carbons (Fsp3) is 0.300. The second kappa shape index (κ2) is 9.66. The molecule has 6 nitrogen and oxygen atoms in total. The average Bonchev–Trinajstić information content (AvgIpc) is 2.95. The molecule has 1 aliphatic heterocycles. The molecule has 0 saturated carbocycles. The molecule has 3 rings (SSSR count). The summed E-state index contributed by atoms with van der Waals surface area (Å²) in [7, 11) is 1.49. The zero-order valence-electron chi connectivity index (χ0n) is 15.6. The molecule has 2 N–H and O–H groups in total. The third kappa shape index (κ3) is 4.69. The second-order valence-corrected chi connectivity index (χ2v) is 6.79. The number of ether oxygens (including phenoxy) is 1. The molecule has 150 valence electrons. The number of nitrogens with zero attached hydrogens (tertiary/aromatic N) is 2. The van der Waals surface area contributed by atoms with Crippen molar-refractivity contribution in [2.24, 2.45) is 0 Å². The van der Waals surface area contributed by atoms with Crippen molar-refractivity contribution in [3.63, 3.8) is 0 Å². The molecule has 0 bridgehead atoms. The predicted octanol–water partition coefficient (Wildman–Crippen LogP) is 3.34. The van der Waals surface area contributed by atoms with E-state index in [9.17, 15) is 9.59 Å². The van der Waals surface area contributed by atoms with Gasteiger partial charge in [-0.05, 0) is 24.6 Å². The zero-order valence-corrected chi connectivity index (χ0v) is 17.1. The number of benzene rings is 2. The maximum Gasteiger partial charge on any atom is 0.257 e. The highest BCUT2D eigenvalue weighted by molar-refractivity contribution is 6.33. The normalized spacial score (nSPS) is 14.1. The minimum Gasteiger partial charge on any atom is -0.496 e. The Morgan fingerprint density at radius 2 is 1.61 bits per heavy atom. The summed E-state index contributed by atoms with van der Waals surface area (Å²) in [5, 5.41) is 0.315. The first-order valence-corrected chi connectivity index (χ1v) is 9.15. The lowest BCUT2D eigenvalue weighted by atomic mass is 10.1. The number of carbonyl (C=O) groups is 2. The Balaban J connectivity index is 0.00000280. The minimum absolute atomic E-state index is 0. The number of carbonyl (C=O) groups excluding carboxylic acids is 2. The van der Waals surface area contributed by atoms with Crippen LogP contribution in [-0.4, -0.2) is 54.9 Å². The van der Waals surface area contributed by atoms with Gasteiger partial charge in [0.1, 0.15) is 5.75 Å². The summed E-state index contributed by atoms with van der Waals surface area (Å²) < 4.78 is 5.29. The van der Waals surface area contributed by atoms with Crippen molar-refractivity contribution in [1.29, 1.82) is 0 Å². The molecule has 1 aliphatic rings. The summed E-state index contributed by atoms with van der Waals surface area (Å²) in [6.45, 7) is 2.09. The molecule has 0 radical (unpaired) electrons. The van der Waals surface area contributed by atoms with Crippen LogP contribution >= 0.6 is 24.0 Å². The molecule has 0 spiro atoms. The van der Waals surface area contributed by atoms with Crippen LogP contribution in [0.4, 0.5) is 5.69 Å². The Morgan fingerprint density at radius 1 is 1.00 bits per heavy atom. The first-order valence-electron chi connectivity index (χ1n) is 8.78. The number of hydrogen-bond donors (Lipinski definition) is 1. The number of amides is 2. The van der Waals surface area contributed by atoms with Gasteiger partial charge in [0.05, 0.1) is 23.4 Å². The molecule has 1 heterocycles. The lowest BCUT2D eigenvalue weighted by Gasteiger charge is -2.23. The third-order valence-electron chi connectivity index (χ3n) is 4.64. The van der Waals surface area contributed by atoms with E-state index in [1.54, 1.807) is 28.0 Å². The van der Waals surface area contributed by atoms with Crippen molar-refractivity contribution >= 4 is 41.5 Å². The topological polar surface area (TPSA) is 75.9 Å². The molecule has 2 amide bonds. The van der Waals surface area contributed by atoms with E-state index >= 15 is 0 Å². The van der Waals surface area contributed by atoms with E-state index in [4.69, 9.17) is 22.1 Å². The third-order valence-corrected chi connectivity index (χ3v) is 4.97. The van der Waals surface area contributed by atoms with Crippen LogP contribution in [0.15, 0.2) is 42.5 Å². The Hall–Kier alpha value is -2.44. The van der Waals surface area contributed by atoms with Gasteiger partial charge in [0.2, 0.25) is 0 Å². The zero-order chi connectivity index (χ0) is 19.4. The quantitative estimate of drug-likeness (QED) is 0.767. The van der Waals surface area contributed by atoms with E-state index in [1.807, 2.05) is 18.2 Å². The number of halogens is 2. The van der Waals surface area contributed by atoms with E-state index < -0.39 is 0 Å². The summed E-state index contributed by atoms with van der Waals surface area (Å²) in [6.07, 6.45) is 0.704. The van der Waals surface area contributed by atoms with Crippen molar-refractivity contribution < 1.29 is 14.3 Å². The van der Waals surface area contributed by atoms with Gasteiger partial charge < -0.3 is 20.3 Å². The number of rotatable bonds is 3. The summed E-state index contributed by atoms with van der Waals surface area (Å²) in [6, 6.07) is 12.3. The molecule has 0 atom stereocenters. The van der Waals surface area contributed by atoms with Crippen LogP contribution in [0.3, 0.4) is 0 Å². The van der Waals surface area contributed by atoms with Crippen molar-refractivity contribution in [1.82, 2.24) is 9.80 Å². The van der Waals surface area contributed by atoms with Crippen molar-refractivity contribution in [3.05, 3.63) is 58.6 Å². The lowest BCUT2D eigenvalue weighted by molar-refractivity contribution is 0.0717. The number of hydrogen-bond acceptors (Lipinski definition) is 4. The highest BCUT2D eigenvalue weighted by Crippen LogP contribution is 2.30. The maximum absolute atomic E-state index is 13.0. The Bertz CT molecular complexity index is 846. The van der Waals surface area contributed by atoms with Gasteiger partial charge >= 0.3 is 0 Å². The minimum atomic E-state index is -0.178. The van der Waals surface area contributed by atoms with Crippen molar-refractivity contribution in [2.45, 2.75) is 6.42 Å². The van der Waals surface area contributed by atoms with Gasteiger partial charge in [0, 0.05) is 37.8 Å². The Labute approximate surface area is 175 Å². The first kappa shape index (κ1) is 21.9. The smallest absolute Gasteiger partial charge is 0.257 e. The van der Waals surface area contributed by atoms with E-state index in [0.717, 1.165) is 0 Å². The van der Waals surface area contributed by atoms with Crippen LogP contribution in [0.2, 0.25) is 5.02 Å². The summed E-state index contributed by atoms with van der Waals surface area (Å²) in [5.74, 6) is 0.198. The van der Waals surface area contributed by atoms with Crippen LogP contribution in [0.25, 0.3) is 0 Å². The predicted molar refractivity (Wildman–Crippen MR) is 113 cm³/mol. The number of anilines is 1. The molecule has 0 aliphatic carbocycles.